The summed E-state index contributed by atoms with van der Waals surface area (Å²) >= 11 is 12.4. The smallest absolute Gasteiger partial charge is 0.0574 e. The Kier molecular flexibility index (Phi) is 3.32. The van der Waals surface area contributed by atoms with Gasteiger partial charge in [-0.15, -0.1) is 11.8 Å². The van der Waals surface area contributed by atoms with Crippen molar-refractivity contribution >= 4 is 48.8 Å². The molecule has 1 aliphatic rings. The molecule has 0 aromatic carbocycles. The van der Waals surface area contributed by atoms with E-state index < -0.39 is 0 Å². The Bertz CT molecular complexity index is 66.4. The van der Waals surface area contributed by atoms with Crippen LogP contribution in [0.4, 0.5) is 0 Å². The molecule has 8 heavy (non-hydrogen) atoms. The van der Waals surface area contributed by atoms with Crippen molar-refractivity contribution in [2.45, 2.75) is 9.16 Å². The first-order valence-corrected chi connectivity index (χ1v) is 5.51. The Morgan fingerprint density at radius 1 is 1.12 bits per heavy atom. The van der Waals surface area contributed by atoms with E-state index in [4.69, 9.17) is 0 Å². The molecule has 0 aliphatic carbocycles. The van der Waals surface area contributed by atoms with Crippen molar-refractivity contribution in [3.63, 3.8) is 0 Å². The summed E-state index contributed by atoms with van der Waals surface area (Å²) in [5, 5.41) is 0. The summed E-state index contributed by atoms with van der Waals surface area (Å²) in [6.45, 7) is 0. The first kappa shape index (κ1) is 7.51. The minimum Gasteiger partial charge on any atom is -0.164 e. The second kappa shape index (κ2) is 3.54. The fourth-order valence-electron chi connectivity index (χ4n) is 0.530. The summed E-state index contributed by atoms with van der Waals surface area (Å²) < 4.78 is 1.02. The van der Waals surface area contributed by atoms with Crippen LogP contribution >= 0.6 is 48.8 Å². The molecule has 0 N–H and O–H groups in total. The quantitative estimate of drug-likeness (QED) is 0.553. The lowest BCUT2D eigenvalue weighted by atomic mass is 10.9. The highest BCUT2D eigenvalue weighted by Gasteiger charge is 2.16. The summed E-state index contributed by atoms with van der Waals surface area (Å²) in [5.74, 6) is 2.34. The van der Waals surface area contributed by atoms with Gasteiger partial charge in [-0.05, 0) is 0 Å². The molecule has 1 rings (SSSR count). The van der Waals surface area contributed by atoms with Crippen LogP contribution in [-0.4, -0.2) is 20.7 Å². The van der Waals surface area contributed by atoms with Crippen LogP contribution in [-0.2, 0) is 0 Å². The third kappa shape index (κ3) is 2.33. The van der Waals surface area contributed by atoms with E-state index in [1.165, 1.54) is 11.5 Å². The van der Waals surface area contributed by atoms with Gasteiger partial charge in [-0.3, -0.25) is 0 Å². The van der Waals surface area contributed by atoms with Crippen LogP contribution in [0.3, 0.4) is 0 Å². The molecule has 48 valence electrons. The molecule has 0 spiro atoms. The molecule has 1 heterocycles. The van der Waals surface area contributed by atoms with E-state index in [-0.39, 0.29) is 0 Å². The van der Waals surface area contributed by atoms with Crippen molar-refractivity contribution < 1.29 is 0 Å². The third-order valence-electron chi connectivity index (χ3n) is 0.835. The van der Waals surface area contributed by atoms with Gasteiger partial charge >= 0.3 is 0 Å². The van der Waals surface area contributed by atoms with Crippen LogP contribution in [0.1, 0.15) is 0 Å². The Morgan fingerprint density at radius 2 is 1.62 bits per heavy atom. The zero-order valence-electron chi connectivity index (χ0n) is 4.28. The highest BCUT2D eigenvalue weighted by Crippen LogP contribution is 2.33. The summed E-state index contributed by atoms with van der Waals surface area (Å²) in [4.78, 5) is 0. The maximum absolute atomic E-state index is 4.31. The van der Waals surface area contributed by atoms with Gasteiger partial charge in [0.2, 0.25) is 0 Å². The Hall–Kier alpha value is 1.40. The molecule has 0 radical (unpaired) electrons. The van der Waals surface area contributed by atoms with Gasteiger partial charge in [0.25, 0.3) is 0 Å². The first-order valence-electron chi connectivity index (χ1n) is 2.38. The van der Waals surface area contributed by atoms with Crippen molar-refractivity contribution in [2.24, 2.45) is 0 Å². The lowest BCUT2D eigenvalue weighted by Crippen LogP contribution is -2.12. The van der Waals surface area contributed by atoms with Crippen LogP contribution in [0.25, 0.3) is 0 Å². The number of hydrogen-bond acceptors (Lipinski definition) is 4. The van der Waals surface area contributed by atoms with Crippen LogP contribution in [0.5, 0.6) is 0 Å². The summed E-state index contributed by atoms with van der Waals surface area (Å²) in [6.07, 6.45) is 0. The van der Waals surface area contributed by atoms with Crippen LogP contribution in [0.15, 0.2) is 0 Å². The average molecular weight is 184 g/mol. The molecule has 2 unspecified atom stereocenters. The minimum absolute atomic E-state index is 0.510. The van der Waals surface area contributed by atoms with Gasteiger partial charge in [0.1, 0.15) is 0 Å². The van der Waals surface area contributed by atoms with E-state index in [1.54, 1.807) is 0 Å². The van der Waals surface area contributed by atoms with E-state index >= 15 is 0 Å². The van der Waals surface area contributed by atoms with Gasteiger partial charge in [-0.25, -0.2) is 0 Å². The maximum atomic E-state index is 4.31. The van der Waals surface area contributed by atoms with Crippen LogP contribution in [0, 0.1) is 0 Å². The molecule has 0 aromatic heterocycles. The summed E-state index contributed by atoms with van der Waals surface area (Å²) in [5.41, 5.74) is 0. The van der Waals surface area contributed by atoms with Gasteiger partial charge in [-0.2, -0.15) is 37.0 Å². The first-order chi connectivity index (χ1) is 3.79. The van der Waals surface area contributed by atoms with E-state index in [1.807, 2.05) is 23.5 Å². The predicted octanol–water partition coefficient (Wildman–Crippen LogP) is 1.98. The van der Waals surface area contributed by atoms with Crippen molar-refractivity contribution in [3.8, 4) is 0 Å². The fraction of sp³-hybridized carbons (Fsp3) is 1.00. The summed E-state index contributed by atoms with van der Waals surface area (Å²) in [7, 11) is 0. The Morgan fingerprint density at radius 3 is 1.88 bits per heavy atom. The van der Waals surface area contributed by atoms with Crippen molar-refractivity contribution in [1.82, 2.24) is 0 Å². The van der Waals surface area contributed by atoms with Crippen LogP contribution < -0.4 is 0 Å². The van der Waals surface area contributed by atoms with E-state index in [0.717, 1.165) is 0 Å². The van der Waals surface area contributed by atoms with Gasteiger partial charge in [0.05, 0.1) is 9.16 Å². The largest absolute Gasteiger partial charge is 0.164 e. The molecule has 1 aliphatic heterocycles. The zero-order valence-corrected chi connectivity index (χ0v) is 7.70. The predicted molar refractivity (Wildman–Crippen MR) is 50.5 cm³/mol. The minimum atomic E-state index is 0.510. The molecular formula is C4H8S4. The highest BCUT2D eigenvalue weighted by molar-refractivity contribution is 8.20. The second-order valence-corrected chi connectivity index (χ2v) is 6.01. The molecule has 0 nitrogen and oxygen atoms in total. The van der Waals surface area contributed by atoms with Crippen molar-refractivity contribution in [3.05, 3.63) is 0 Å². The molecular weight excluding hydrogens is 176 g/mol. The molecule has 0 amide bonds. The number of hydrogen-bond donors (Lipinski definition) is 2. The molecule has 0 aromatic rings. The summed E-state index contributed by atoms with van der Waals surface area (Å²) in [6, 6.07) is 0. The Labute approximate surface area is 69.4 Å². The molecule has 0 saturated carbocycles. The number of rotatable bonds is 0. The highest BCUT2D eigenvalue weighted by atomic mass is 32.2. The number of thioether (sulfide) groups is 2. The molecule has 2 atom stereocenters. The average Bonchev–Trinajstić information content (AvgIpc) is 1.64. The maximum Gasteiger partial charge on any atom is 0.0574 e. The second-order valence-electron chi connectivity index (χ2n) is 1.58. The fourth-order valence-corrected chi connectivity index (χ4v) is 4.44. The monoisotopic (exact) mass is 184 g/mol. The van der Waals surface area contributed by atoms with Gasteiger partial charge in [0, 0.05) is 11.5 Å². The van der Waals surface area contributed by atoms with Crippen molar-refractivity contribution in [2.75, 3.05) is 11.5 Å². The Balaban J connectivity index is 2.23. The molecule has 4 heteroatoms. The number of thiol groups is 2. The van der Waals surface area contributed by atoms with E-state index in [2.05, 4.69) is 25.3 Å². The topological polar surface area (TPSA) is 0 Å². The van der Waals surface area contributed by atoms with Gasteiger partial charge in [-0.1, -0.05) is 0 Å². The molecule has 0 bridgehead atoms. The van der Waals surface area contributed by atoms with Gasteiger partial charge in [0.15, 0.2) is 0 Å². The lowest BCUT2D eigenvalue weighted by molar-refractivity contribution is 1.34. The van der Waals surface area contributed by atoms with Crippen molar-refractivity contribution in [1.29, 1.82) is 0 Å². The van der Waals surface area contributed by atoms with Crippen LogP contribution in [0.2, 0.25) is 0 Å². The normalized spacial score (nSPS) is 39.8. The van der Waals surface area contributed by atoms with E-state index in [0.29, 0.717) is 9.16 Å². The lowest BCUT2D eigenvalue weighted by Gasteiger charge is -2.20. The zero-order chi connectivity index (χ0) is 5.98. The van der Waals surface area contributed by atoms with Gasteiger partial charge < -0.3 is 0 Å². The standard InChI is InChI=1S/C4H8S4/c5-3-1-7-2-4(6)8-3/h3-6H,1-2H2. The van der Waals surface area contributed by atoms with E-state index in [9.17, 15) is 0 Å². The third-order valence-corrected chi connectivity index (χ3v) is 4.95. The molecule has 1 saturated heterocycles. The molecule has 1 fully saturated rings. The SMILES string of the molecule is SC1CSCC(S)S1.